The molecule has 2 aliphatic heterocycles. The van der Waals surface area contributed by atoms with E-state index >= 15 is 0 Å². The third-order valence-electron chi connectivity index (χ3n) is 6.09. The highest BCUT2D eigenvalue weighted by Gasteiger charge is 2.53. The fourth-order valence-electron chi connectivity index (χ4n) is 4.31. The van der Waals surface area contributed by atoms with Crippen molar-refractivity contribution >= 4 is 23.7 Å². The third-order valence-corrected chi connectivity index (χ3v) is 6.94. The molecule has 36 heavy (non-hydrogen) atoms. The van der Waals surface area contributed by atoms with Gasteiger partial charge in [0.05, 0.1) is 17.7 Å². The summed E-state index contributed by atoms with van der Waals surface area (Å²) in [6, 6.07) is 26.9. The van der Waals surface area contributed by atoms with Crippen LogP contribution in [0.2, 0.25) is 0 Å². The van der Waals surface area contributed by atoms with Gasteiger partial charge in [-0.2, -0.15) is 0 Å². The molecule has 0 aromatic heterocycles. The molecule has 186 valence electrons. The molecule has 0 amide bonds. The first-order valence-electron chi connectivity index (χ1n) is 11.7. The number of hydrogen-bond acceptors (Lipinski definition) is 8. The molecule has 0 spiro atoms. The number of thioether (sulfide) groups is 1. The Hall–Kier alpha value is -3.17. The minimum atomic E-state index is -0.920. The van der Waals surface area contributed by atoms with Gasteiger partial charge in [0, 0.05) is 5.56 Å². The Labute approximate surface area is 213 Å². The van der Waals surface area contributed by atoms with Crippen LogP contribution >= 0.6 is 11.8 Å². The Balaban J connectivity index is 1.46. The molecular formula is C28H26O7S. The molecule has 7 nitrogen and oxygen atoms in total. The smallest absolute Gasteiger partial charge is 0.338 e. The maximum atomic E-state index is 13.1. The van der Waals surface area contributed by atoms with Gasteiger partial charge in [-0.15, -0.1) is 11.8 Å². The van der Waals surface area contributed by atoms with Crippen molar-refractivity contribution in [3.63, 3.8) is 0 Å². The van der Waals surface area contributed by atoms with Crippen LogP contribution in [-0.4, -0.2) is 54.7 Å². The Kier molecular flexibility index (Phi) is 7.67. The first kappa shape index (κ1) is 24.5. The van der Waals surface area contributed by atoms with Gasteiger partial charge in [0.2, 0.25) is 0 Å². The van der Waals surface area contributed by atoms with Gasteiger partial charge >= 0.3 is 11.9 Å². The van der Waals surface area contributed by atoms with Crippen LogP contribution in [0.4, 0.5) is 0 Å². The summed E-state index contributed by atoms with van der Waals surface area (Å²) in [5.41, 5.74) is 1.02. The zero-order valence-corrected chi connectivity index (χ0v) is 20.4. The number of carbonyl (C=O) groups excluding carboxylic acids is 2. The van der Waals surface area contributed by atoms with E-state index in [-0.39, 0.29) is 6.61 Å². The summed E-state index contributed by atoms with van der Waals surface area (Å²) in [6.07, 6.45) is -1.88. The summed E-state index contributed by atoms with van der Waals surface area (Å²) in [4.78, 5) is 26.2. The zero-order chi connectivity index (χ0) is 24.9. The predicted molar refractivity (Wildman–Crippen MR) is 133 cm³/mol. The van der Waals surface area contributed by atoms with Crippen molar-refractivity contribution in [3.05, 3.63) is 108 Å². The second kappa shape index (κ2) is 11.3. The van der Waals surface area contributed by atoms with E-state index in [1.165, 1.54) is 11.8 Å². The van der Waals surface area contributed by atoms with Crippen LogP contribution in [0.5, 0.6) is 0 Å². The number of esters is 2. The normalized spacial score (nSPS) is 27.5. The molecule has 2 fully saturated rings. The monoisotopic (exact) mass is 506 g/mol. The fraction of sp³-hybridized carbons (Fsp3) is 0.286. The maximum absolute atomic E-state index is 13.1. The average molecular weight is 507 g/mol. The lowest BCUT2D eigenvalue weighted by Crippen LogP contribution is -2.63. The number of rotatable bonds is 6. The number of hydrogen-bond donors (Lipinski definition) is 0. The summed E-state index contributed by atoms with van der Waals surface area (Å²) >= 11 is 1.37. The van der Waals surface area contributed by atoms with Crippen molar-refractivity contribution in [2.45, 2.75) is 36.1 Å². The highest BCUT2D eigenvalue weighted by Crippen LogP contribution is 2.39. The van der Waals surface area contributed by atoms with Gasteiger partial charge in [-0.1, -0.05) is 66.7 Å². The van der Waals surface area contributed by atoms with E-state index in [4.69, 9.17) is 23.7 Å². The van der Waals surface area contributed by atoms with Crippen LogP contribution in [0.1, 0.15) is 32.6 Å². The van der Waals surface area contributed by atoms with Crippen molar-refractivity contribution in [3.8, 4) is 0 Å². The molecular weight excluding hydrogens is 480 g/mol. The number of benzene rings is 3. The summed E-state index contributed by atoms with van der Waals surface area (Å²) in [5.74, 6) is -1.07. The van der Waals surface area contributed by atoms with E-state index < -0.39 is 48.1 Å². The van der Waals surface area contributed by atoms with Crippen LogP contribution < -0.4 is 0 Å². The van der Waals surface area contributed by atoms with Crippen molar-refractivity contribution in [2.24, 2.45) is 0 Å². The second-order valence-electron chi connectivity index (χ2n) is 8.43. The highest BCUT2D eigenvalue weighted by atomic mass is 32.2. The Morgan fingerprint density at radius 2 is 1.28 bits per heavy atom. The molecule has 1 unspecified atom stereocenters. The molecule has 3 aromatic rings. The second-order valence-corrected chi connectivity index (χ2v) is 9.36. The van der Waals surface area contributed by atoms with Crippen LogP contribution in [0.3, 0.4) is 0 Å². The molecule has 2 aliphatic rings. The highest BCUT2D eigenvalue weighted by molar-refractivity contribution is 7.99. The number of ether oxygens (including phenoxy) is 5. The molecule has 5 rings (SSSR count). The Bertz CT molecular complexity index is 1160. The van der Waals surface area contributed by atoms with Crippen molar-refractivity contribution in [1.82, 2.24) is 0 Å². The van der Waals surface area contributed by atoms with E-state index in [1.54, 1.807) is 48.5 Å². The average Bonchev–Trinajstić information content (AvgIpc) is 2.95. The minimum Gasteiger partial charge on any atom is -0.452 e. The fourth-order valence-corrected chi connectivity index (χ4v) is 5.04. The van der Waals surface area contributed by atoms with E-state index in [2.05, 4.69) is 0 Å². The third kappa shape index (κ3) is 5.32. The van der Waals surface area contributed by atoms with E-state index in [0.29, 0.717) is 11.1 Å². The van der Waals surface area contributed by atoms with Crippen LogP contribution in [-0.2, 0) is 23.7 Å². The number of fused-ring (bicyclic) bond motifs is 1. The lowest BCUT2D eigenvalue weighted by atomic mass is 9.98. The minimum absolute atomic E-state index is 0.236. The summed E-state index contributed by atoms with van der Waals surface area (Å²) in [6.45, 7) is 0.236. The molecule has 0 N–H and O–H groups in total. The van der Waals surface area contributed by atoms with Gasteiger partial charge in [0.25, 0.3) is 0 Å². The van der Waals surface area contributed by atoms with Gasteiger partial charge in [-0.3, -0.25) is 0 Å². The predicted octanol–water partition coefficient (Wildman–Crippen LogP) is 4.64. The molecule has 0 radical (unpaired) electrons. The van der Waals surface area contributed by atoms with Crippen molar-refractivity contribution in [2.75, 3.05) is 12.9 Å². The zero-order valence-electron chi connectivity index (χ0n) is 19.6. The molecule has 0 bridgehead atoms. The molecule has 8 heteroatoms. The summed E-state index contributed by atoms with van der Waals surface area (Å²) in [7, 11) is 0. The maximum Gasteiger partial charge on any atom is 0.338 e. The van der Waals surface area contributed by atoms with E-state index in [9.17, 15) is 9.59 Å². The number of carbonyl (C=O) groups is 2. The largest absolute Gasteiger partial charge is 0.452 e. The lowest BCUT2D eigenvalue weighted by molar-refractivity contribution is -0.317. The van der Waals surface area contributed by atoms with Gasteiger partial charge in [-0.05, 0) is 30.5 Å². The molecule has 2 saturated heterocycles. The first-order valence-corrected chi connectivity index (χ1v) is 12.9. The Morgan fingerprint density at radius 3 is 1.83 bits per heavy atom. The van der Waals surface area contributed by atoms with E-state index in [1.807, 2.05) is 48.7 Å². The Morgan fingerprint density at radius 1 is 0.750 bits per heavy atom. The molecule has 6 atom stereocenters. The molecule has 0 saturated carbocycles. The SMILES string of the molecule is CS[C@@H]1O[C@@H]2COC(c3ccccc3)O[C@@H]2[C@H](OC(=O)c2ccccc2)[C@H]1OC(=O)c1ccccc1. The van der Waals surface area contributed by atoms with Gasteiger partial charge < -0.3 is 23.7 Å². The molecule has 3 aromatic carbocycles. The van der Waals surface area contributed by atoms with Gasteiger partial charge in [-0.25, -0.2) is 9.59 Å². The quantitative estimate of drug-likeness (QED) is 0.448. The molecule has 0 aliphatic carbocycles. The van der Waals surface area contributed by atoms with Gasteiger partial charge in [0.15, 0.2) is 18.5 Å². The first-order chi connectivity index (χ1) is 17.6. The lowest BCUT2D eigenvalue weighted by Gasteiger charge is -2.48. The topological polar surface area (TPSA) is 80.3 Å². The van der Waals surface area contributed by atoms with E-state index in [0.717, 1.165) is 5.56 Å². The summed E-state index contributed by atoms with van der Waals surface area (Å²) in [5, 5.41) is 0. The standard InChI is InChI=1S/C28H26O7S/c1-36-28-24(34-26(30)19-13-7-3-8-14-19)23(33-25(29)18-11-5-2-6-12-18)22-21(32-28)17-31-27(35-22)20-15-9-4-10-16-20/h2-16,21-24,27-28H,17H2,1H3/t21-,22+,23+,24-,27?,28+/m1/s1. The van der Waals surface area contributed by atoms with Crippen molar-refractivity contribution < 1.29 is 33.3 Å². The van der Waals surface area contributed by atoms with Crippen LogP contribution in [0.25, 0.3) is 0 Å². The van der Waals surface area contributed by atoms with Crippen LogP contribution in [0.15, 0.2) is 91.0 Å². The van der Waals surface area contributed by atoms with Gasteiger partial charge in [0.1, 0.15) is 17.6 Å². The molecule has 2 heterocycles. The van der Waals surface area contributed by atoms with Crippen molar-refractivity contribution in [1.29, 1.82) is 0 Å². The summed E-state index contributed by atoms with van der Waals surface area (Å²) < 4.78 is 30.5. The van der Waals surface area contributed by atoms with Crippen LogP contribution in [0, 0.1) is 0 Å².